The van der Waals surface area contributed by atoms with Crippen LogP contribution in [0.25, 0.3) is 0 Å². The Morgan fingerprint density at radius 2 is 1.92 bits per heavy atom. The minimum absolute atomic E-state index is 0.134. The topological polar surface area (TPSA) is 25.2 Å². The largest absolute Gasteiger partial charge is 0.390 e. The Morgan fingerprint density at radius 3 is 2.33 bits per heavy atom. The van der Waals surface area contributed by atoms with Gasteiger partial charge < -0.3 is 9.67 Å². The van der Waals surface area contributed by atoms with Crippen LogP contribution in [-0.2, 0) is 20.1 Å². The molecule has 0 unspecified atom stereocenters. The van der Waals surface area contributed by atoms with Gasteiger partial charge in [0, 0.05) is 18.4 Å². The third-order valence-corrected chi connectivity index (χ3v) is 2.11. The molecule has 0 fully saturated rings. The molecular formula is C10H17NO. The molecule has 2 nitrogen and oxygen atoms in total. The van der Waals surface area contributed by atoms with Crippen LogP contribution in [0.4, 0.5) is 0 Å². The Kier molecular flexibility index (Phi) is 2.93. The van der Waals surface area contributed by atoms with Crippen molar-refractivity contribution in [2.45, 2.75) is 26.9 Å². The second kappa shape index (κ2) is 3.76. The zero-order chi connectivity index (χ0) is 9.14. The van der Waals surface area contributed by atoms with Crippen LogP contribution in [0.2, 0.25) is 0 Å². The van der Waals surface area contributed by atoms with E-state index in [9.17, 15) is 0 Å². The number of hydrogen-bond acceptors (Lipinski definition) is 1. The molecule has 1 heterocycles. The Balaban J connectivity index is 2.80. The van der Waals surface area contributed by atoms with E-state index in [1.165, 1.54) is 5.69 Å². The first kappa shape index (κ1) is 9.33. The summed E-state index contributed by atoms with van der Waals surface area (Å²) in [5, 5.41) is 8.95. The second-order valence-corrected chi connectivity index (χ2v) is 3.63. The summed E-state index contributed by atoms with van der Waals surface area (Å²) in [7, 11) is 2.00. The van der Waals surface area contributed by atoms with Crippen LogP contribution in [-0.4, -0.2) is 9.67 Å². The van der Waals surface area contributed by atoms with Crippen molar-refractivity contribution in [1.29, 1.82) is 0 Å². The maximum atomic E-state index is 8.95. The Morgan fingerprint density at radius 1 is 1.33 bits per heavy atom. The molecule has 0 aromatic carbocycles. The lowest BCUT2D eigenvalue weighted by atomic mass is 10.1. The van der Waals surface area contributed by atoms with Gasteiger partial charge in [0.2, 0.25) is 0 Å². The van der Waals surface area contributed by atoms with E-state index in [0.717, 1.165) is 12.1 Å². The van der Waals surface area contributed by atoms with E-state index in [0.29, 0.717) is 5.92 Å². The van der Waals surface area contributed by atoms with Gasteiger partial charge in [-0.3, -0.25) is 0 Å². The molecule has 0 atom stereocenters. The number of aliphatic hydroxyl groups is 1. The smallest absolute Gasteiger partial charge is 0.0832 e. The molecule has 1 aromatic heterocycles. The minimum atomic E-state index is 0.134. The van der Waals surface area contributed by atoms with Gasteiger partial charge in [-0.05, 0) is 24.5 Å². The molecule has 0 aliphatic rings. The van der Waals surface area contributed by atoms with Crippen molar-refractivity contribution >= 4 is 0 Å². The van der Waals surface area contributed by atoms with Crippen molar-refractivity contribution in [3.63, 3.8) is 0 Å². The van der Waals surface area contributed by atoms with Crippen LogP contribution in [0.3, 0.4) is 0 Å². The van der Waals surface area contributed by atoms with Crippen molar-refractivity contribution in [1.82, 2.24) is 4.57 Å². The molecule has 0 spiro atoms. The first-order valence-electron chi connectivity index (χ1n) is 4.39. The molecular weight excluding hydrogens is 150 g/mol. The van der Waals surface area contributed by atoms with Gasteiger partial charge in [0.25, 0.3) is 0 Å². The standard InChI is InChI=1S/C10H17NO/c1-8(2)6-9-4-5-10(7-12)11(9)3/h4-5,8,12H,6-7H2,1-3H3. The van der Waals surface area contributed by atoms with Gasteiger partial charge in [-0.25, -0.2) is 0 Å². The SMILES string of the molecule is CC(C)Cc1ccc(CO)n1C. The van der Waals surface area contributed by atoms with E-state index in [1.807, 2.05) is 13.1 Å². The molecule has 1 rings (SSSR count). The highest BCUT2D eigenvalue weighted by Crippen LogP contribution is 2.11. The molecule has 0 amide bonds. The highest BCUT2D eigenvalue weighted by atomic mass is 16.3. The summed E-state index contributed by atoms with van der Waals surface area (Å²) in [6.07, 6.45) is 1.08. The molecule has 0 bridgehead atoms. The van der Waals surface area contributed by atoms with Gasteiger partial charge in [-0.2, -0.15) is 0 Å². The van der Waals surface area contributed by atoms with Gasteiger partial charge >= 0.3 is 0 Å². The van der Waals surface area contributed by atoms with E-state index < -0.39 is 0 Å². The molecule has 1 aromatic rings. The molecule has 0 aliphatic heterocycles. The number of rotatable bonds is 3. The maximum absolute atomic E-state index is 8.95. The molecule has 0 saturated carbocycles. The van der Waals surface area contributed by atoms with Gasteiger partial charge in [0.15, 0.2) is 0 Å². The molecule has 68 valence electrons. The van der Waals surface area contributed by atoms with Crippen molar-refractivity contribution in [2.75, 3.05) is 0 Å². The lowest BCUT2D eigenvalue weighted by Crippen LogP contribution is -2.04. The quantitative estimate of drug-likeness (QED) is 0.728. The van der Waals surface area contributed by atoms with Crippen LogP contribution < -0.4 is 0 Å². The molecule has 12 heavy (non-hydrogen) atoms. The fourth-order valence-electron chi connectivity index (χ4n) is 1.38. The average Bonchev–Trinajstić information content (AvgIpc) is 2.32. The Labute approximate surface area is 73.8 Å². The second-order valence-electron chi connectivity index (χ2n) is 3.63. The van der Waals surface area contributed by atoms with Gasteiger partial charge in [-0.1, -0.05) is 13.8 Å². The van der Waals surface area contributed by atoms with Crippen molar-refractivity contribution < 1.29 is 5.11 Å². The fraction of sp³-hybridized carbons (Fsp3) is 0.600. The van der Waals surface area contributed by atoms with E-state index in [4.69, 9.17) is 5.11 Å². The van der Waals surface area contributed by atoms with E-state index in [2.05, 4.69) is 24.5 Å². The summed E-state index contributed by atoms with van der Waals surface area (Å²) in [6, 6.07) is 4.07. The summed E-state index contributed by atoms with van der Waals surface area (Å²) in [4.78, 5) is 0. The first-order chi connectivity index (χ1) is 5.65. The highest BCUT2D eigenvalue weighted by Gasteiger charge is 2.04. The van der Waals surface area contributed by atoms with E-state index in [1.54, 1.807) is 0 Å². The predicted molar refractivity (Wildman–Crippen MR) is 49.9 cm³/mol. The lowest BCUT2D eigenvalue weighted by molar-refractivity contribution is 0.272. The predicted octanol–water partition coefficient (Wildman–Crippen LogP) is 1.72. The summed E-state index contributed by atoms with van der Waals surface area (Å²) >= 11 is 0. The van der Waals surface area contributed by atoms with Crippen LogP contribution in [0, 0.1) is 5.92 Å². The van der Waals surface area contributed by atoms with Crippen molar-refractivity contribution in [3.05, 3.63) is 23.5 Å². The number of hydrogen-bond donors (Lipinski definition) is 1. The van der Waals surface area contributed by atoms with Crippen molar-refractivity contribution in [3.8, 4) is 0 Å². The molecule has 0 radical (unpaired) electrons. The Hall–Kier alpha value is -0.760. The number of aliphatic hydroxyl groups excluding tert-OH is 1. The third kappa shape index (κ3) is 1.89. The number of nitrogens with zero attached hydrogens (tertiary/aromatic N) is 1. The van der Waals surface area contributed by atoms with Crippen molar-refractivity contribution in [2.24, 2.45) is 13.0 Å². The maximum Gasteiger partial charge on any atom is 0.0832 e. The first-order valence-corrected chi connectivity index (χ1v) is 4.39. The monoisotopic (exact) mass is 167 g/mol. The fourth-order valence-corrected chi connectivity index (χ4v) is 1.38. The van der Waals surface area contributed by atoms with E-state index >= 15 is 0 Å². The van der Waals surface area contributed by atoms with Crippen LogP contribution >= 0.6 is 0 Å². The molecule has 0 saturated heterocycles. The zero-order valence-corrected chi connectivity index (χ0v) is 8.04. The lowest BCUT2D eigenvalue weighted by Gasteiger charge is -2.07. The summed E-state index contributed by atoms with van der Waals surface area (Å²) in [6.45, 7) is 4.53. The third-order valence-electron chi connectivity index (χ3n) is 2.11. The van der Waals surface area contributed by atoms with Gasteiger partial charge in [-0.15, -0.1) is 0 Å². The van der Waals surface area contributed by atoms with Gasteiger partial charge in [0.05, 0.1) is 6.61 Å². The zero-order valence-electron chi connectivity index (χ0n) is 8.04. The average molecular weight is 167 g/mol. The Bertz CT molecular complexity index is 250. The summed E-state index contributed by atoms with van der Waals surface area (Å²) in [5.41, 5.74) is 2.29. The van der Waals surface area contributed by atoms with Crippen LogP contribution in [0.5, 0.6) is 0 Å². The van der Waals surface area contributed by atoms with E-state index in [-0.39, 0.29) is 6.61 Å². The number of aromatic nitrogens is 1. The minimum Gasteiger partial charge on any atom is -0.390 e. The summed E-state index contributed by atoms with van der Waals surface area (Å²) < 4.78 is 2.07. The molecule has 2 heteroatoms. The normalized spacial score (nSPS) is 11.1. The molecule has 0 aliphatic carbocycles. The van der Waals surface area contributed by atoms with Crippen LogP contribution in [0.1, 0.15) is 25.2 Å². The molecule has 1 N–H and O–H groups in total. The highest BCUT2D eigenvalue weighted by molar-refractivity contribution is 5.15. The van der Waals surface area contributed by atoms with Crippen LogP contribution in [0.15, 0.2) is 12.1 Å². The summed E-state index contributed by atoms with van der Waals surface area (Å²) in [5.74, 6) is 0.671. The van der Waals surface area contributed by atoms with Gasteiger partial charge in [0.1, 0.15) is 0 Å².